The first-order valence-corrected chi connectivity index (χ1v) is 6.76. The molecule has 1 aliphatic rings. The normalized spacial score (nSPS) is 23.3. The van der Waals surface area contributed by atoms with Crippen LogP contribution in [0.3, 0.4) is 0 Å². The fraction of sp³-hybridized carbons (Fsp3) is 0.643. The number of nitrogens with one attached hydrogen (secondary N) is 1. The molecule has 19 heavy (non-hydrogen) atoms. The van der Waals surface area contributed by atoms with Crippen molar-refractivity contribution < 1.29 is 19.1 Å². The van der Waals surface area contributed by atoms with Crippen LogP contribution in [0.1, 0.15) is 42.0 Å². The Bertz CT molecular complexity index is 415. The molecule has 0 aromatic carbocycles. The highest BCUT2D eigenvalue weighted by molar-refractivity contribution is 5.86. The van der Waals surface area contributed by atoms with Crippen LogP contribution in [0.15, 0.2) is 16.5 Å². The average Bonchev–Trinajstić information content (AvgIpc) is 2.93. The summed E-state index contributed by atoms with van der Waals surface area (Å²) in [7, 11) is 1.33. The van der Waals surface area contributed by atoms with Crippen LogP contribution in [0.4, 0.5) is 0 Å². The van der Waals surface area contributed by atoms with E-state index in [9.17, 15) is 9.90 Å². The molecule has 5 nitrogen and oxygen atoms in total. The van der Waals surface area contributed by atoms with E-state index in [0.29, 0.717) is 24.3 Å². The third-order valence-electron chi connectivity index (χ3n) is 3.73. The second kappa shape index (κ2) is 6.73. The maximum Gasteiger partial charge on any atom is 0.373 e. The summed E-state index contributed by atoms with van der Waals surface area (Å²) in [6.45, 7) is 0.793. The van der Waals surface area contributed by atoms with Gasteiger partial charge in [-0.3, -0.25) is 0 Å². The van der Waals surface area contributed by atoms with Crippen molar-refractivity contribution in [1.29, 1.82) is 0 Å². The summed E-state index contributed by atoms with van der Waals surface area (Å²) in [5, 5.41) is 12.7. The Morgan fingerprint density at radius 3 is 3.00 bits per heavy atom. The number of aliphatic hydroxyl groups is 1. The van der Waals surface area contributed by atoms with Gasteiger partial charge in [0.05, 0.1) is 13.7 Å². The monoisotopic (exact) mass is 267 g/mol. The van der Waals surface area contributed by atoms with Gasteiger partial charge in [0, 0.05) is 12.6 Å². The molecule has 2 unspecified atom stereocenters. The van der Waals surface area contributed by atoms with Gasteiger partial charge in [0.25, 0.3) is 0 Å². The first kappa shape index (κ1) is 14.1. The Hall–Kier alpha value is -1.33. The van der Waals surface area contributed by atoms with Crippen LogP contribution < -0.4 is 5.32 Å². The van der Waals surface area contributed by atoms with E-state index in [2.05, 4.69) is 10.1 Å². The molecule has 106 valence electrons. The van der Waals surface area contributed by atoms with E-state index >= 15 is 0 Å². The lowest BCUT2D eigenvalue weighted by atomic mass is 9.85. The van der Waals surface area contributed by atoms with Crippen molar-refractivity contribution >= 4 is 5.97 Å². The van der Waals surface area contributed by atoms with Gasteiger partial charge < -0.3 is 19.6 Å². The number of rotatable bonds is 5. The number of furan rings is 1. The predicted molar refractivity (Wildman–Crippen MR) is 69.7 cm³/mol. The zero-order chi connectivity index (χ0) is 13.7. The molecule has 0 amide bonds. The minimum absolute atomic E-state index is 0.224. The zero-order valence-corrected chi connectivity index (χ0v) is 11.2. The van der Waals surface area contributed by atoms with Crippen molar-refractivity contribution in [2.45, 2.75) is 38.3 Å². The van der Waals surface area contributed by atoms with E-state index < -0.39 is 5.97 Å². The quantitative estimate of drug-likeness (QED) is 0.795. The molecule has 1 fully saturated rings. The topological polar surface area (TPSA) is 71.7 Å². The molecule has 5 heteroatoms. The van der Waals surface area contributed by atoms with Crippen LogP contribution in [0.25, 0.3) is 0 Å². The highest BCUT2D eigenvalue weighted by Crippen LogP contribution is 2.24. The van der Waals surface area contributed by atoms with Crippen molar-refractivity contribution in [1.82, 2.24) is 5.32 Å². The van der Waals surface area contributed by atoms with Gasteiger partial charge in [-0.2, -0.15) is 0 Å². The van der Waals surface area contributed by atoms with E-state index in [1.165, 1.54) is 20.0 Å². The molecule has 2 rings (SSSR count). The largest absolute Gasteiger partial charge is 0.463 e. The standard InChI is InChI=1S/C14H21NO4/c1-18-14(17)13-7-6-11(19-13)8-15-12-5-3-2-4-10(12)9-16/h6-7,10,12,15-16H,2-5,8-9H2,1H3. The van der Waals surface area contributed by atoms with E-state index in [0.717, 1.165) is 12.8 Å². The zero-order valence-electron chi connectivity index (χ0n) is 11.2. The Balaban J connectivity index is 1.87. The van der Waals surface area contributed by atoms with Gasteiger partial charge in [-0.1, -0.05) is 12.8 Å². The smallest absolute Gasteiger partial charge is 0.373 e. The van der Waals surface area contributed by atoms with Gasteiger partial charge in [0.2, 0.25) is 5.76 Å². The van der Waals surface area contributed by atoms with Gasteiger partial charge in [0.15, 0.2) is 0 Å². The summed E-state index contributed by atoms with van der Waals surface area (Å²) in [5.74, 6) is 0.797. The minimum atomic E-state index is -0.461. The molecular formula is C14H21NO4. The van der Waals surface area contributed by atoms with Gasteiger partial charge in [0.1, 0.15) is 5.76 Å². The predicted octanol–water partition coefficient (Wildman–Crippen LogP) is 1.71. The first-order valence-electron chi connectivity index (χ1n) is 6.76. The summed E-state index contributed by atoms with van der Waals surface area (Å²) in [4.78, 5) is 11.3. The molecule has 0 aliphatic heterocycles. The number of aliphatic hydroxyl groups excluding tert-OH is 1. The Labute approximate surface area is 112 Å². The van der Waals surface area contributed by atoms with Crippen LogP contribution >= 0.6 is 0 Å². The lowest BCUT2D eigenvalue weighted by Crippen LogP contribution is -2.39. The number of ether oxygens (including phenoxy) is 1. The third kappa shape index (κ3) is 3.58. The number of methoxy groups -OCH3 is 1. The van der Waals surface area contributed by atoms with Crippen molar-refractivity contribution in [2.75, 3.05) is 13.7 Å². The molecule has 1 aromatic rings. The van der Waals surface area contributed by atoms with Crippen LogP contribution in [0, 0.1) is 5.92 Å². The molecule has 0 bridgehead atoms. The molecule has 1 heterocycles. The molecule has 1 saturated carbocycles. The summed E-state index contributed by atoms with van der Waals surface area (Å²) in [5.41, 5.74) is 0. The van der Waals surface area contributed by atoms with Gasteiger partial charge in [-0.15, -0.1) is 0 Å². The minimum Gasteiger partial charge on any atom is -0.463 e. The Morgan fingerprint density at radius 2 is 2.26 bits per heavy atom. The van der Waals surface area contributed by atoms with Crippen molar-refractivity contribution in [3.8, 4) is 0 Å². The fourth-order valence-corrected chi connectivity index (χ4v) is 2.61. The van der Waals surface area contributed by atoms with E-state index in [-0.39, 0.29) is 12.4 Å². The highest BCUT2D eigenvalue weighted by atomic mass is 16.5. The lowest BCUT2D eigenvalue weighted by Gasteiger charge is -2.30. The molecule has 0 saturated heterocycles. The van der Waals surface area contributed by atoms with Crippen molar-refractivity contribution in [3.05, 3.63) is 23.7 Å². The lowest BCUT2D eigenvalue weighted by molar-refractivity contribution is 0.0562. The average molecular weight is 267 g/mol. The Morgan fingerprint density at radius 1 is 1.47 bits per heavy atom. The van der Waals surface area contributed by atoms with E-state index in [4.69, 9.17) is 4.42 Å². The second-order valence-corrected chi connectivity index (χ2v) is 4.97. The van der Waals surface area contributed by atoms with Crippen molar-refractivity contribution in [3.63, 3.8) is 0 Å². The maximum absolute atomic E-state index is 11.3. The van der Waals surface area contributed by atoms with Crippen molar-refractivity contribution in [2.24, 2.45) is 5.92 Å². The number of esters is 1. The van der Waals surface area contributed by atoms with Crippen LogP contribution in [-0.2, 0) is 11.3 Å². The summed E-state index contributed by atoms with van der Waals surface area (Å²) >= 11 is 0. The number of hydrogen-bond donors (Lipinski definition) is 2. The van der Waals surface area contributed by atoms with Crippen LogP contribution in [0.5, 0.6) is 0 Å². The molecular weight excluding hydrogens is 246 g/mol. The molecule has 0 spiro atoms. The van der Waals surface area contributed by atoms with E-state index in [1.54, 1.807) is 12.1 Å². The van der Waals surface area contributed by atoms with Crippen LogP contribution in [0.2, 0.25) is 0 Å². The molecule has 2 atom stereocenters. The van der Waals surface area contributed by atoms with Crippen LogP contribution in [-0.4, -0.2) is 30.8 Å². The molecule has 2 N–H and O–H groups in total. The molecule has 1 aromatic heterocycles. The first-order chi connectivity index (χ1) is 9.24. The Kier molecular flexibility index (Phi) is 4.99. The summed E-state index contributed by atoms with van der Waals surface area (Å²) in [6, 6.07) is 3.72. The summed E-state index contributed by atoms with van der Waals surface area (Å²) < 4.78 is 9.99. The molecule has 1 aliphatic carbocycles. The fourth-order valence-electron chi connectivity index (χ4n) is 2.61. The summed E-state index contributed by atoms with van der Waals surface area (Å²) in [6.07, 6.45) is 4.53. The molecule has 0 radical (unpaired) electrons. The van der Waals surface area contributed by atoms with Gasteiger partial charge in [-0.25, -0.2) is 4.79 Å². The van der Waals surface area contributed by atoms with E-state index in [1.807, 2.05) is 0 Å². The highest BCUT2D eigenvalue weighted by Gasteiger charge is 2.24. The SMILES string of the molecule is COC(=O)c1ccc(CNC2CCCCC2CO)o1. The second-order valence-electron chi connectivity index (χ2n) is 4.97. The van der Waals surface area contributed by atoms with Gasteiger partial charge in [-0.05, 0) is 30.9 Å². The van der Waals surface area contributed by atoms with Gasteiger partial charge >= 0.3 is 5.97 Å². The maximum atomic E-state index is 11.3. The number of hydrogen-bond acceptors (Lipinski definition) is 5. The number of carbonyl (C=O) groups excluding carboxylic acids is 1. The third-order valence-corrected chi connectivity index (χ3v) is 3.73. The number of carbonyl (C=O) groups is 1.